The minimum Gasteiger partial charge on any atom is -0.508 e. The first kappa shape index (κ1) is 12.5. The lowest BCUT2D eigenvalue weighted by molar-refractivity contribution is -0.384. The third-order valence-electron chi connectivity index (χ3n) is 2.32. The quantitative estimate of drug-likeness (QED) is 0.515. The number of ether oxygens (including phenoxy) is 1. The highest BCUT2D eigenvalue weighted by Crippen LogP contribution is 2.34. The van der Waals surface area contributed by atoms with Gasteiger partial charge in [0.15, 0.2) is 11.4 Å². The van der Waals surface area contributed by atoms with Crippen molar-refractivity contribution in [2.24, 2.45) is 5.18 Å². The Kier molecular flexibility index (Phi) is 3.37. The fraction of sp³-hybridized carbons (Fsp3) is 0. The Hall–Kier alpha value is -2.96. The Bertz CT molecular complexity index is 625. The van der Waals surface area contributed by atoms with Crippen LogP contribution in [0.4, 0.5) is 11.4 Å². The van der Waals surface area contributed by atoms with Gasteiger partial charge >= 0.3 is 0 Å². The molecule has 0 aliphatic carbocycles. The molecule has 7 heteroatoms. The molecule has 0 fully saturated rings. The van der Waals surface area contributed by atoms with Gasteiger partial charge in [-0.2, -0.15) is 0 Å². The first-order chi connectivity index (χ1) is 9.10. The normalized spacial score (nSPS) is 9.89. The predicted molar refractivity (Wildman–Crippen MR) is 66.7 cm³/mol. The number of rotatable bonds is 4. The van der Waals surface area contributed by atoms with Gasteiger partial charge in [0.25, 0.3) is 5.69 Å². The number of phenols is 1. The summed E-state index contributed by atoms with van der Waals surface area (Å²) in [4.78, 5) is 20.6. The number of nitroso groups, excluding NO2 is 1. The molecule has 0 amide bonds. The summed E-state index contributed by atoms with van der Waals surface area (Å²) in [7, 11) is 0. The predicted octanol–water partition coefficient (Wildman–Crippen LogP) is 3.49. The van der Waals surface area contributed by atoms with Gasteiger partial charge in [-0.15, -0.1) is 4.91 Å². The van der Waals surface area contributed by atoms with Crippen molar-refractivity contribution in [3.63, 3.8) is 0 Å². The number of aromatic hydroxyl groups is 1. The first-order valence-corrected chi connectivity index (χ1v) is 5.19. The molecule has 96 valence electrons. The molecule has 0 spiro atoms. The average Bonchev–Trinajstić information content (AvgIpc) is 2.41. The number of non-ortho nitro benzene ring substituents is 1. The fourth-order valence-corrected chi connectivity index (χ4v) is 1.42. The standard InChI is InChI=1S/C12H8N2O5/c15-9-2-4-10(5-3-9)19-12-6-1-8(14(17)18)7-11(12)13-16/h1-7,15H. The molecule has 0 heterocycles. The number of hydrogen-bond donors (Lipinski definition) is 1. The topological polar surface area (TPSA) is 102 Å². The van der Waals surface area contributed by atoms with Crippen LogP contribution in [0.3, 0.4) is 0 Å². The molecule has 7 nitrogen and oxygen atoms in total. The lowest BCUT2D eigenvalue weighted by Crippen LogP contribution is -1.89. The summed E-state index contributed by atoms with van der Waals surface area (Å²) in [6.45, 7) is 0. The van der Waals surface area contributed by atoms with Gasteiger partial charge in [-0.25, -0.2) is 0 Å². The van der Waals surface area contributed by atoms with Crippen LogP contribution in [-0.2, 0) is 0 Å². The molecule has 0 aliphatic heterocycles. The van der Waals surface area contributed by atoms with E-state index in [-0.39, 0.29) is 22.9 Å². The zero-order valence-electron chi connectivity index (χ0n) is 9.52. The number of benzene rings is 2. The van der Waals surface area contributed by atoms with E-state index in [0.29, 0.717) is 5.75 Å². The zero-order valence-corrected chi connectivity index (χ0v) is 9.52. The van der Waals surface area contributed by atoms with Crippen molar-refractivity contribution in [1.29, 1.82) is 0 Å². The summed E-state index contributed by atoms with van der Waals surface area (Å²) in [5.74, 6) is 0.549. The summed E-state index contributed by atoms with van der Waals surface area (Å²) in [5, 5.41) is 22.4. The smallest absolute Gasteiger partial charge is 0.271 e. The Labute approximate surface area is 107 Å². The number of hydrogen-bond acceptors (Lipinski definition) is 6. The third-order valence-corrected chi connectivity index (χ3v) is 2.32. The highest BCUT2D eigenvalue weighted by molar-refractivity contribution is 5.58. The summed E-state index contributed by atoms with van der Waals surface area (Å²) < 4.78 is 5.36. The summed E-state index contributed by atoms with van der Waals surface area (Å²) >= 11 is 0. The number of nitro groups is 1. The van der Waals surface area contributed by atoms with Crippen molar-refractivity contribution >= 4 is 11.4 Å². The average molecular weight is 260 g/mol. The molecule has 1 N–H and O–H groups in total. The SMILES string of the molecule is O=Nc1cc([N+](=O)[O-])ccc1Oc1ccc(O)cc1. The highest BCUT2D eigenvalue weighted by Gasteiger charge is 2.13. The van der Waals surface area contributed by atoms with E-state index in [1.54, 1.807) is 0 Å². The van der Waals surface area contributed by atoms with Crippen molar-refractivity contribution in [1.82, 2.24) is 0 Å². The van der Waals surface area contributed by atoms with E-state index in [0.717, 1.165) is 6.07 Å². The van der Waals surface area contributed by atoms with Gasteiger partial charge in [0.1, 0.15) is 11.5 Å². The van der Waals surface area contributed by atoms with Crippen LogP contribution >= 0.6 is 0 Å². The molecule has 0 saturated carbocycles. The maximum atomic E-state index is 10.7. The van der Waals surface area contributed by atoms with E-state index in [1.165, 1.54) is 36.4 Å². The van der Waals surface area contributed by atoms with E-state index in [2.05, 4.69) is 5.18 Å². The maximum Gasteiger partial charge on any atom is 0.271 e. The Balaban J connectivity index is 2.32. The molecule has 0 radical (unpaired) electrons. The van der Waals surface area contributed by atoms with Gasteiger partial charge < -0.3 is 9.84 Å². The molecule has 0 aliphatic rings. The molecule has 2 aromatic rings. The molecular formula is C12H8N2O5. The van der Waals surface area contributed by atoms with E-state index in [4.69, 9.17) is 9.84 Å². The highest BCUT2D eigenvalue weighted by atomic mass is 16.6. The second-order valence-electron chi connectivity index (χ2n) is 3.60. The van der Waals surface area contributed by atoms with Crippen molar-refractivity contribution in [2.45, 2.75) is 0 Å². The second kappa shape index (κ2) is 5.13. The van der Waals surface area contributed by atoms with Gasteiger partial charge in [-0.05, 0) is 35.5 Å². The van der Waals surface area contributed by atoms with Crippen LogP contribution in [0, 0.1) is 15.0 Å². The van der Waals surface area contributed by atoms with Crippen molar-refractivity contribution < 1.29 is 14.8 Å². The van der Waals surface area contributed by atoms with Crippen LogP contribution in [0.5, 0.6) is 17.2 Å². The van der Waals surface area contributed by atoms with Crippen LogP contribution in [0.15, 0.2) is 47.6 Å². The van der Waals surface area contributed by atoms with Crippen molar-refractivity contribution in [3.05, 3.63) is 57.5 Å². The molecule has 0 atom stereocenters. The van der Waals surface area contributed by atoms with Crippen LogP contribution in [-0.4, -0.2) is 10.0 Å². The Morgan fingerprint density at radius 3 is 2.42 bits per heavy atom. The number of nitro benzene ring substituents is 1. The largest absolute Gasteiger partial charge is 0.508 e. The Morgan fingerprint density at radius 1 is 1.16 bits per heavy atom. The van der Waals surface area contributed by atoms with Crippen LogP contribution in [0.25, 0.3) is 0 Å². The van der Waals surface area contributed by atoms with Gasteiger partial charge in [-0.3, -0.25) is 10.1 Å². The molecule has 2 aromatic carbocycles. The third kappa shape index (κ3) is 2.83. The molecule has 19 heavy (non-hydrogen) atoms. The first-order valence-electron chi connectivity index (χ1n) is 5.19. The van der Waals surface area contributed by atoms with Gasteiger partial charge in [0.05, 0.1) is 4.92 Å². The lowest BCUT2D eigenvalue weighted by Gasteiger charge is -2.06. The lowest BCUT2D eigenvalue weighted by atomic mass is 10.2. The van der Waals surface area contributed by atoms with Crippen molar-refractivity contribution in [3.8, 4) is 17.2 Å². The molecular weight excluding hydrogens is 252 g/mol. The van der Waals surface area contributed by atoms with E-state index < -0.39 is 4.92 Å². The molecule has 0 unspecified atom stereocenters. The van der Waals surface area contributed by atoms with Crippen LogP contribution in [0.1, 0.15) is 0 Å². The number of nitrogens with zero attached hydrogens (tertiary/aromatic N) is 2. The minimum absolute atomic E-state index is 0.0739. The van der Waals surface area contributed by atoms with Crippen LogP contribution in [0.2, 0.25) is 0 Å². The molecule has 0 saturated heterocycles. The number of phenolic OH excluding ortho intramolecular Hbond substituents is 1. The summed E-state index contributed by atoms with van der Waals surface area (Å²) in [6, 6.07) is 9.34. The summed E-state index contributed by atoms with van der Waals surface area (Å²) in [5.41, 5.74) is -0.407. The molecule has 0 bridgehead atoms. The zero-order chi connectivity index (χ0) is 13.8. The Morgan fingerprint density at radius 2 is 1.84 bits per heavy atom. The van der Waals surface area contributed by atoms with Gasteiger partial charge in [0.2, 0.25) is 0 Å². The summed E-state index contributed by atoms with van der Waals surface area (Å²) in [6.07, 6.45) is 0. The second-order valence-corrected chi connectivity index (χ2v) is 3.60. The van der Waals surface area contributed by atoms with E-state index >= 15 is 0 Å². The van der Waals surface area contributed by atoms with E-state index in [9.17, 15) is 15.0 Å². The van der Waals surface area contributed by atoms with Crippen LogP contribution < -0.4 is 4.74 Å². The molecule has 2 rings (SSSR count). The minimum atomic E-state index is -0.626. The maximum absolute atomic E-state index is 10.7. The van der Waals surface area contributed by atoms with E-state index in [1.807, 2.05) is 0 Å². The van der Waals surface area contributed by atoms with Crippen molar-refractivity contribution in [2.75, 3.05) is 0 Å². The monoisotopic (exact) mass is 260 g/mol. The van der Waals surface area contributed by atoms with Gasteiger partial charge in [-0.1, -0.05) is 0 Å². The molecule has 0 aromatic heterocycles. The van der Waals surface area contributed by atoms with Gasteiger partial charge in [0, 0.05) is 12.1 Å². The fourth-order valence-electron chi connectivity index (χ4n) is 1.42.